The van der Waals surface area contributed by atoms with E-state index in [4.69, 9.17) is 11.5 Å². The maximum absolute atomic E-state index is 12.6. The highest BCUT2D eigenvalue weighted by atomic mass is 19.1. The van der Waals surface area contributed by atoms with E-state index in [0.717, 1.165) is 12.3 Å². The first-order valence-electron chi connectivity index (χ1n) is 3.95. The Morgan fingerprint density at radius 2 is 2.36 bits per heavy atom. The van der Waals surface area contributed by atoms with Crippen molar-refractivity contribution in [2.45, 2.75) is 6.42 Å². The maximum atomic E-state index is 12.6. The molecule has 4 N–H and O–H groups in total. The van der Waals surface area contributed by atoms with Crippen molar-refractivity contribution in [3.63, 3.8) is 0 Å². The van der Waals surface area contributed by atoms with Gasteiger partial charge in [0.15, 0.2) is 0 Å². The Morgan fingerprint density at radius 1 is 1.64 bits per heavy atom. The summed E-state index contributed by atoms with van der Waals surface area (Å²) in [5.41, 5.74) is 11.0. The average Bonchev–Trinajstić information content (AvgIpc) is 2.08. The van der Waals surface area contributed by atoms with Crippen LogP contribution < -0.4 is 11.5 Å². The molecule has 0 bridgehead atoms. The first-order valence-corrected chi connectivity index (χ1v) is 3.95. The van der Waals surface area contributed by atoms with E-state index in [-0.39, 0.29) is 12.1 Å². The van der Waals surface area contributed by atoms with Crippen molar-refractivity contribution in [3.05, 3.63) is 29.9 Å². The molecule has 0 aromatic carbocycles. The number of carbonyl (C=O) groups excluding carboxylic acids is 1. The second kappa shape index (κ2) is 4.36. The predicted octanol–water partition coefficient (Wildman–Crippen LogP) is 0.692. The molecule has 1 amide bonds. The van der Waals surface area contributed by atoms with E-state index in [1.807, 2.05) is 0 Å². The predicted molar refractivity (Wildman–Crippen MR) is 51.5 cm³/mol. The summed E-state index contributed by atoms with van der Waals surface area (Å²) in [7, 11) is 0. The van der Waals surface area contributed by atoms with Gasteiger partial charge in [-0.05, 0) is 6.08 Å². The number of nitrogen functional groups attached to an aromatic ring is 1. The lowest BCUT2D eigenvalue weighted by Gasteiger charge is -1.97. The second-order valence-corrected chi connectivity index (χ2v) is 2.70. The molecule has 0 saturated carbocycles. The number of nitrogens with zero attached hydrogens (tertiary/aromatic N) is 1. The van der Waals surface area contributed by atoms with Crippen molar-refractivity contribution in [2.24, 2.45) is 5.73 Å². The molecule has 0 aliphatic rings. The standard InChI is InChI=1S/C9H10FN3O/c10-6-4-7(11)8(13-5-6)2-1-3-9(12)14/h1-2,4-5H,3,11H2,(H2,12,14). The van der Waals surface area contributed by atoms with Crippen molar-refractivity contribution in [1.82, 2.24) is 4.98 Å². The molecular formula is C9H10FN3O. The summed E-state index contributed by atoms with van der Waals surface area (Å²) in [6, 6.07) is 1.16. The number of rotatable bonds is 3. The third-order valence-electron chi connectivity index (χ3n) is 1.51. The van der Waals surface area contributed by atoms with Crippen LogP contribution in [-0.2, 0) is 4.79 Å². The molecule has 0 aliphatic carbocycles. The summed E-state index contributed by atoms with van der Waals surface area (Å²) in [5.74, 6) is -0.934. The maximum Gasteiger partial charge on any atom is 0.221 e. The number of anilines is 1. The Morgan fingerprint density at radius 3 is 2.93 bits per heavy atom. The number of amides is 1. The van der Waals surface area contributed by atoms with E-state index >= 15 is 0 Å². The smallest absolute Gasteiger partial charge is 0.221 e. The van der Waals surface area contributed by atoms with Gasteiger partial charge >= 0.3 is 0 Å². The van der Waals surface area contributed by atoms with Crippen molar-refractivity contribution in [3.8, 4) is 0 Å². The van der Waals surface area contributed by atoms with E-state index in [9.17, 15) is 9.18 Å². The molecule has 0 atom stereocenters. The zero-order valence-electron chi connectivity index (χ0n) is 7.40. The summed E-state index contributed by atoms with van der Waals surface area (Å²) in [5, 5.41) is 0. The SMILES string of the molecule is NC(=O)CC=Cc1ncc(F)cc1N. The van der Waals surface area contributed by atoms with Gasteiger partial charge in [0.05, 0.1) is 17.6 Å². The first-order chi connectivity index (χ1) is 6.59. The topological polar surface area (TPSA) is 82.0 Å². The summed E-state index contributed by atoms with van der Waals surface area (Å²) in [6.07, 6.45) is 4.22. The second-order valence-electron chi connectivity index (χ2n) is 2.70. The fraction of sp³-hybridized carbons (Fsp3) is 0.111. The van der Waals surface area contributed by atoms with Gasteiger partial charge < -0.3 is 11.5 Å². The molecule has 0 spiro atoms. The highest BCUT2D eigenvalue weighted by Gasteiger charge is 1.98. The van der Waals surface area contributed by atoms with Gasteiger partial charge in [-0.3, -0.25) is 9.78 Å². The van der Waals surface area contributed by atoms with Crippen LogP contribution in [0.2, 0.25) is 0 Å². The highest BCUT2D eigenvalue weighted by molar-refractivity contribution is 5.76. The van der Waals surface area contributed by atoms with Crippen LogP contribution in [0.1, 0.15) is 12.1 Å². The number of nitrogens with two attached hydrogens (primary N) is 2. The van der Waals surface area contributed by atoms with Crippen molar-refractivity contribution < 1.29 is 9.18 Å². The van der Waals surface area contributed by atoms with E-state index in [0.29, 0.717) is 5.69 Å². The first kappa shape index (κ1) is 10.2. The van der Waals surface area contributed by atoms with Gasteiger partial charge in [-0.2, -0.15) is 0 Å². The van der Waals surface area contributed by atoms with E-state index in [2.05, 4.69) is 4.98 Å². The summed E-state index contributed by atoms with van der Waals surface area (Å²) in [6.45, 7) is 0. The molecule has 5 heteroatoms. The molecule has 0 aliphatic heterocycles. The molecule has 0 fully saturated rings. The minimum absolute atomic E-state index is 0.110. The molecule has 14 heavy (non-hydrogen) atoms. The van der Waals surface area contributed by atoms with Crippen molar-refractivity contribution in [2.75, 3.05) is 5.73 Å². The van der Waals surface area contributed by atoms with Crippen LogP contribution in [0.5, 0.6) is 0 Å². The minimum Gasteiger partial charge on any atom is -0.397 e. The molecule has 1 rings (SSSR count). The minimum atomic E-state index is -0.491. The quantitative estimate of drug-likeness (QED) is 0.744. The fourth-order valence-electron chi connectivity index (χ4n) is 0.891. The van der Waals surface area contributed by atoms with Crippen molar-refractivity contribution >= 4 is 17.7 Å². The number of pyridine rings is 1. The third-order valence-corrected chi connectivity index (χ3v) is 1.51. The molecule has 1 aromatic rings. The van der Waals surface area contributed by atoms with Gasteiger partial charge in [-0.1, -0.05) is 6.08 Å². The van der Waals surface area contributed by atoms with E-state index in [1.54, 1.807) is 0 Å². The van der Waals surface area contributed by atoms with E-state index < -0.39 is 11.7 Å². The van der Waals surface area contributed by atoms with Crippen LogP contribution in [0.3, 0.4) is 0 Å². The highest BCUT2D eigenvalue weighted by Crippen LogP contribution is 2.11. The van der Waals surface area contributed by atoms with Gasteiger partial charge in [0, 0.05) is 12.5 Å². The van der Waals surface area contributed by atoms with Crippen molar-refractivity contribution in [1.29, 1.82) is 0 Å². The number of halogens is 1. The normalized spacial score (nSPS) is 10.6. The average molecular weight is 195 g/mol. The molecular weight excluding hydrogens is 185 g/mol. The van der Waals surface area contributed by atoms with Gasteiger partial charge in [0.1, 0.15) is 5.82 Å². The number of aromatic nitrogens is 1. The van der Waals surface area contributed by atoms with Crippen LogP contribution in [0.15, 0.2) is 18.3 Å². The van der Waals surface area contributed by atoms with Gasteiger partial charge in [-0.25, -0.2) is 4.39 Å². The van der Waals surface area contributed by atoms with Crippen LogP contribution in [0, 0.1) is 5.82 Å². The fourth-order valence-corrected chi connectivity index (χ4v) is 0.891. The Bertz CT molecular complexity index is 376. The number of primary amides is 1. The van der Waals surface area contributed by atoms with Gasteiger partial charge in [-0.15, -0.1) is 0 Å². The number of carbonyl (C=O) groups is 1. The summed E-state index contributed by atoms with van der Waals surface area (Å²) < 4.78 is 12.6. The molecule has 0 radical (unpaired) electrons. The molecule has 74 valence electrons. The number of hydrogen-bond acceptors (Lipinski definition) is 3. The van der Waals surface area contributed by atoms with Crippen LogP contribution in [-0.4, -0.2) is 10.9 Å². The zero-order chi connectivity index (χ0) is 10.6. The van der Waals surface area contributed by atoms with Gasteiger partial charge in [0.25, 0.3) is 0 Å². The molecule has 0 unspecified atom stereocenters. The molecule has 1 aromatic heterocycles. The Hall–Kier alpha value is -1.91. The Kier molecular flexibility index (Phi) is 3.17. The lowest BCUT2D eigenvalue weighted by atomic mass is 10.2. The number of hydrogen-bond donors (Lipinski definition) is 2. The van der Waals surface area contributed by atoms with E-state index in [1.165, 1.54) is 12.2 Å². The largest absolute Gasteiger partial charge is 0.397 e. The Balaban J connectivity index is 2.76. The lowest BCUT2D eigenvalue weighted by molar-refractivity contribution is -0.117. The van der Waals surface area contributed by atoms with Crippen LogP contribution in [0.25, 0.3) is 6.08 Å². The molecule has 1 heterocycles. The van der Waals surface area contributed by atoms with Gasteiger partial charge in [0.2, 0.25) is 5.91 Å². The van der Waals surface area contributed by atoms with Crippen LogP contribution in [0.4, 0.5) is 10.1 Å². The monoisotopic (exact) mass is 195 g/mol. The zero-order valence-corrected chi connectivity index (χ0v) is 7.40. The Labute approximate surface area is 80.4 Å². The molecule has 4 nitrogen and oxygen atoms in total. The summed E-state index contributed by atoms with van der Waals surface area (Å²) in [4.78, 5) is 14.1. The lowest BCUT2D eigenvalue weighted by Crippen LogP contribution is -2.08. The van der Waals surface area contributed by atoms with Crippen LogP contribution >= 0.6 is 0 Å². The molecule has 0 saturated heterocycles. The third kappa shape index (κ3) is 2.85. The summed E-state index contributed by atoms with van der Waals surface area (Å²) >= 11 is 0.